The Morgan fingerprint density at radius 2 is 2.33 bits per heavy atom. The number of nitrogens with one attached hydrogen (secondary N) is 1. The summed E-state index contributed by atoms with van der Waals surface area (Å²) >= 11 is 0. The normalized spacial score (nSPS) is 12.6. The summed E-state index contributed by atoms with van der Waals surface area (Å²) in [4.78, 5) is 10.8. The van der Waals surface area contributed by atoms with E-state index < -0.39 is 6.10 Å². The molecule has 4 nitrogen and oxygen atoms in total. The van der Waals surface area contributed by atoms with Crippen LogP contribution in [0.15, 0.2) is 0 Å². The van der Waals surface area contributed by atoms with Crippen molar-refractivity contribution in [1.29, 1.82) is 0 Å². The molecule has 0 aliphatic carbocycles. The summed E-state index contributed by atoms with van der Waals surface area (Å²) < 4.78 is 0. The molecule has 12 heavy (non-hydrogen) atoms. The SMILES string of the molecule is CCCC(O)CNC(=O)CCN. The van der Waals surface area contributed by atoms with Crippen molar-refractivity contribution >= 4 is 5.91 Å². The van der Waals surface area contributed by atoms with E-state index in [1.54, 1.807) is 0 Å². The second kappa shape index (κ2) is 7.06. The number of nitrogens with two attached hydrogens (primary N) is 1. The first-order valence-electron chi connectivity index (χ1n) is 4.35. The van der Waals surface area contributed by atoms with Crippen molar-refractivity contribution in [3.05, 3.63) is 0 Å². The van der Waals surface area contributed by atoms with Crippen LogP contribution in [0, 0.1) is 0 Å². The van der Waals surface area contributed by atoms with E-state index in [1.807, 2.05) is 6.92 Å². The first kappa shape index (κ1) is 11.4. The number of hydrogen-bond acceptors (Lipinski definition) is 3. The third kappa shape index (κ3) is 6.12. The van der Waals surface area contributed by atoms with Crippen LogP contribution >= 0.6 is 0 Å². The van der Waals surface area contributed by atoms with Gasteiger partial charge in [0.2, 0.25) is 5.91 Å². The van der Waals surface area contributed by atoms with Gasteiger partial charge in [0, 0.05) is 19.5 Å². The Kier molecular flexibility index (Phi) is 6.70. The van der Waals surface area contributed by atoms with Gasteiger partial charge in [-0.15, -0.1) is 0 Å². The number of carbonyl (C=O) groups excluding carboxylic acids is 1. The summed E-state index contributed by atoms with van der Waals surface area (Å²) in [6.07, 6.45) is 1.56. The molecule has 4 heteroatoms. The summed E-state index contributed by atoms with van der Waals surface area (Å²) in [7, 11) is 0. The summed E-state index contributed by atoms with van der Waals surface area (Å²) in [5, 5.41) is 11.8. The number of aliphatic hydroxyl groups excluding tert-OH is 1. The van der Waals surface area contributed by atoms with E-state index in [1.165, 1.54) is 0 Å². The molecular formula is C8H18N2O2. The highest BCUT2D eigenvalue weighted by Gasteiger charge is 2.04. The minimum absolute atomic E-state index is 0.0901. The minimum atomic E-state index is -0.420. The van der Waals surface area contributed by atoms with Crippen LogP contribution in [0.1, 0.15) is 26.2 Å². The Morgan fingerprint density at radius 3 is 2.83 bits per heavy atom. The first-order chi connectivity index (χ1) is 5.70. The van der Waals surface area contributed by atoms with Gasteiger partial charge in [-0.1, -0.05) is 13.3 Å². The fraction of sp³-hybridized carbons (Fsp3) is 0.875. The molecule has 0 aromatic heterocycles. The Balaban J connectivity index is 3.33. The maximum absolute atomic E-state index is 10.8. The van der Waals surface area contributed by atoms with Crippen LogP contribution in [-0.4, -0.2) is 30.2 Å². The molecule has 4 N–H and O–H groups in total. The third-order valence-electron chi connectivity index (χ3n) is 1.53. The van der Waals surface area contributed by atoms with Crippen LogP contribution in [0.3, 0.4) is 0 Å². The lowest BCUT2D eigenvalue weighted by atomic mass is 10.2. The summed E-state index contributed by atoms with van der Waals surface area (Å²) in [6.45, 7) is 2.69. The van der Waals surface area contributed by atoms with Gasteiger partial charge in [-0.25, -0.2) is 0 Å². The van der Waals surface area contributed by atoms with E-state index in [0.717, 1.165) is 12.8 Å². The molecule has 72 valence electrons. The molecule has 0 aromatic rings. The van der Waals surface area contributed by atoms with Gasteiger partial charge in [-0.3, -0.25) is 4.79 Å². The summed E-state index contributed by atoms with van der Waals surface area (Å²) in [5.74, 6) is -0.0901. The minimum Gasteiger partial charge on any atom is -0.391 e. The van der Waals surface area contributed by atoms with Crippen LogP contribution in [0.25, 0.3) is 0 Å². The molecular weight excluding hydrogens is 156 g/mol. The van der Waals surface area contributed by atoms with E-state index in [-0.39, 0.29) is 5.91 Å². The zero-order valence-corrected chi connectivity index (χ0v) is 7.55. The second-order valence-corrected chi connectivity index (χ2v) is 2.79. The monoisotopic (exact) mass is 174 g/mol. The molecule has 0 radical (unpaired) electrons. The van der Waals surface area contributed by atoms with Crippen molar-refractivity contribution < 1.29 is 9.90 Å². The van der Waals surface area contributed by atoms with Gasteiger partial charge in [0.15, 0.2) is 0 Å². The van der Waals surface area contributed by atoms with E-state index in [2.05, 4.69) is 5.32 Å². The summed E-state index contributed by atoms with van der Waals surface area (Å²) in [6, 6.07) is 0. The lowest BCUT2D eigenvalue weighted by Gasteiger charge is -2.09. The standard InChI is InChI=1S/C8H18N2O2/c1-2-3-7(11)6-10-8(12)4-5-9/h7,11H,2-6,9H2,1H3,(H,10,12). The number of rotatable bonds is 6. The second-order valence-electron chi connectivity index (χ2n) is 2.79. The molecule has 0 spiro atoms. The molecule has 0 rings (SSSR count). The number of aliphatic hydroxyl groups is 1. The molecule has 1 unspecified atom stereocenters. The van der Waals surface area contributed by atoms with Crippen molar-refractivity contribution in [1.82, 2.24) is 5.32 Å². The van der Waals surface area contributed by atoms with Gasteiger partial charge in [0.25, 0.3) is 0 Å². The van der Waals surface area contributed by atoms with E-state index >= 15 is 0 Å². The largest absolute Gasteiger partial charge is 0.391 e. The van der Waals surface area contributed by atoms with Gasteiger partial charge in [-0.05, 0) is 6.42 Å². The van der Waals surface area contributed by atoms with Gasteiger partial charge in [-0.2, -0.15) is 0 Å². The van der Waals surface area contributed by atoms with Crippen molar-refractivity contribution in [3.8, 4) is 0 Å². The van der Waals surface area contributed by atoms with E-state index in [0.29, 0.717) is 19.5 Å². The van der Waals surface area contributed by atoms with E-state index in [4.69, 9.17) is 5.73 Å². The molecule has 1 amide bonds. The third-order valence-corrected chi connectivity index (χ3v) is 1.53. The average Bonchev–Trinajstić information content (AvgIpc) is 2.02. The predicted molar refractivity (Wildman–Crippen MR) is 47.6 cm³/mol. The fourth-order valence-electron chi connectivity index (χ4n) is 0.886. The molecule has 0 bridgehead atoms. The zero-order chi connectivity index (χ0) is 9.40. The number of amides is 1. The van der Waals surface area contributed by atoms with Crippen molar-refractivity contribution in [2.45, 2.75) is 32.3 Å². The topological polar surface area (TPSA) is 75.3 Å². The summed E-state index contributed by atoms with van der Waals surface area (Å²) in [5.41, 5.74) is 5.17. The molecule has 0 fully saturated rings. The van der Waals surface area contributed by atoms with Crippen LogP contribution in [0.2, 0.25) is 0 Å². The smallest absolute Gasteiger partial charge is 0.221 e. The van der Waals surface area contributed by atoms with Gasteiger partial charge in [0.05, 0.1) is 6.10 Å². The van der Waals surface area contributed by atoms with Crippen LogP contribution in [0.5, 0.6) is 0 Å². The predicted octanol–water partition coefficient (Wildman–Crippen LogP) is -0.388. The lowest BCUT2D eigenvalue weighted by molar-refractivity contribution is -0.121. The Hall–Kier alpha value is -0.610. The molecule has 0 aromatic carbocycles. The maximum atomic E-state index is 10.8. The van der Waals surface area contributed by atoms with E-state index in [9.17, 15) is 9.90 Å². The number of carbonyl (C=O) groups is 1. The molecule has 0 aliphatic rings. The van der Waals surface area contributed by atoms with Crippen LogP contribution in [0.4, 0.5) is 0 Å². The molecule has 0 saturated heterocycles. The molecule has 0 saturated carbocycles. The van der Waals surface area contributed by atoms with Gasteiger partial charge < -0.3 is 16.2 Å². The maximum Gasteiger partial charge on any atom is 0.221 e. The van der Waals surface area contributed by atoms with Crippen molar-refractivity contribution in [2.75, 3.05) is 13.1 Å². The molecule has 0 aliphatic heterocycles. The average molecular weight is 174 g/mol. The van der Waals surface area contributed by atoms with Crippen LogP contribution < -0.4 is 11.1 Å². The Morgan fingerprint density at radius 1 is 1.67 bits per heavy atom. The van der Waals surface area contributed by atoms with Crippen molar-refractivity contribution in [3.63, 3.8) is 0 Å². The van der Waals surface area contributed by atoms with Crippen LogP contribution in [-0.2, 0) is 4.79 Å². The quantitative estimate of drug-likeness (QED) is 0.513. The molecule has 1 atom stereocenters. The highest BCUT2D eigenvalue weighted by atomic mass is 16.3. The fourth-order valence-corrected chi connectivity index (χ4v) is 0.886. The zero-order valence-electron chi connectivity index (χ0n) is 7.55. The molecule has 0 heterocycles. The first-order valence-corrected chi connectivity index (χ1v) is 4.35. The highest BCUT2D eigenvalue weighted by molar-refractivity contribution is 5.76. The highest BCUT2D eigenvalue weighted by Crippen LogP contribution is 1.93. The lowest BCUT2D eigenvalue weighted by Crippen LogP contribution is -2.32. The van der Waals surface area contributed by atoms with Crippen molar-refractivity contribution in [2.24, 2.45) is 5.73 Å². The Labute approximate surface area is 73.1 Å². The van der Waals surface area contributed by atoms with Gasteiger partial charge >= 0.3 is 0 Å². The van der Waals surface area contributed by atoms with Gasteiger partial charge in [0.1, 0.15) is 0 Å². The number of hydrogen-bond donors (Lipinski definition) is 3. The Bertz CT molecular complexity index is 128.